The molecule has 1 aromatic carbocycles. The van der Waals surface area contributed by atoms with Gasteiger partial charge in [-0.1, -0.05) is 24.6 Å². The van der Waals surface area contributed by atoms with E-state index in [1.54, 1.807) is 12.1 Å². The number of aryl methyl sites for hydroxylation is 1. The van der Waals surface area contributed by atoms with Gasteiger partial charge in [0.25, 0.3) is 15.1 Å². The number of sulfonamides is 1. The van der Waals surface area contributed by atoms with E-state index in [0.717, 1.165) is 18.4 Å². The molecule has 0 amide bonds. The van der Waals surface area contributed by atoms with Gasteiger partial charge >= 0.3 is 5.97 Å². The van der Waals surface area contributed by atoms with Gasteiger partial charge in [0.15, 0.2) is 0 Å². The van der Waals surface area contributed by atoms with E-state index in [9.17, 15) is 13.2 Å². The topological polar surface area (TPSA) is 89.7 Å². The Hall–Kier alpha value is -2.19. The van der Waals surface area contributed by atoms with Gasteiger partial charge in [-0.05, 0) is 37.8 Å². The van der Waals surface area contributed by atoms with Crippen molar-refractivity contribution < 1.29 is 22.4 Å². The molecule has 0 spiro atoms. The van der Waals surface area contributed by atoms with Crippen molar-refractivity contribution in [3.63, 3.8) is 0 Å². The first-order valence-corrected chi connectivity index (χ1v) is 9.93. The molecule has 1 aliphatic heterocycles. The molecule has 26 heavy (non-hydrogen) atoms. The van der Waals surface area contributed by atoms with E-state index in [1.807, 2.05) is 26.0 Å². The summed E-state index contributed by atoms with van der Waals surface area (Å²) in [5.41, 5.74) is 1.32. The second kappa shape index (κ2) is 7.20. The van der Waals surface area contributed by atoms with Crippen LogP contribution in [0.4, 0.5) is 0 Å². The Bertz CT molecular complexity index is 902. The van der Waals surface area contributed by atoms with E-state index in [-0.39, 0.29) is 17.5 Å². The SMILES string of the molecule is COC(=O)c1nc(-c2ccc(C)cc2)oc1S(=O)(=O)N1CCCC(C)C1. The third-order valence-corrected chi connectivity index (χ3v) is 6.22. The van der Waals surface area contributed by atoms with Crippen molar-refractivity contribution in [2.45, 2.75) is 31.8 Å². The Morgan fingerprint density at radius 3 is 2.62 bits per heavy atom. The van der Waals surface area contributed by atoms with Gasteiger partial charge in [-0.3, -0.25) is 0 Å². The normalized spacial score (nSPS) is 18.7. The molecule has 3 rings (SSSR count). The summed E-state index contributed by atoms with van der Waals surface area (Å²) in [6.07, 6.45) is 1.74. The number of nitrogens with zero attached hydrogens (tertiary/aromatic N) is 2. The number of esters is 1. The van der Waals surface area contributed by atoms with Crippen molar-refractivity contribution in [3.8, 4) is 11.5 Å². The number of aromatic nitrogens is 1. The fraction of sp³-hybridized carbons (Fsp3) is 0.444. The summed E-state index contributed by atoms with van der Waals surface area (Å²) < 4.78 is 37.7. The lowest BCUT2D eigenvalue weighted by Gasteiger charge is -2.29. The lowest BCUT2D eigenvalue weighted by atomic mass is 10.0. The molecule has 0 saturated carbocycles. The fourth-order valence-electron chi connectivity index (χ4n) is 3.01. The molecule has 1 aromatic heterocycles. The van der Waals surface area contributed by atoms with Gasteiger partial charge in [-0.2, -0.15) is 4.31 Å². The molecule has 0 bridgehead atoms. The maximum atomic E-state index is 13.1. The number of hydrogen-bond acceptors (Lipinski definition) is 6. The average Bonchev–Trinajstić information content (AvgIpc) is 3.08. The predicted molar refractivity (Wildman–Crippen MR) is 95.2 cm³/mol. The van der Waals surface area contributed by atoms with Crippen molar-refractivity contribution in [1.82, 2.24) is 9.29 Å². The summed E-state index contributed by atoms with van der Waals surface area (Å²) in [7, 11) is -2.79. The highest BCUT2D eigenvalue weighted by atomic mass is 32.2. The molecule has 8 heteroatoms. The van der Waals surface area contributed by atoms with E-state index in [0.29, 0.717) is 18.7 Å². The second-order valence-electron chi connectivity index (χ2n) is 6.62. The summed E-state index contributed by atoms with van der Waals surface area (Å²) in [5.74, 6) is -0.510. The Balaban J connectivity index is 2.07. The first-order valence-electron chi connectivity index (χ1n) is 8.49. The summed E-state index contributed by atoms with van der Waals surface area (Å²) in [4.78, 5) is 16.2. The zero-order valence-corrected chi connectivity index (χ0v) is 15.9. The van der Waals surface area contributed by atoms with Crippen molar-refractivity contribution in [1.29, 1.82) is 0 Å². The zero-order valence-electron chi connectivity index (χ0n) is 15.1. The van der Waals surface area contributed by atoms with Crippen LogP contribution in [-0.4, -0.2) is 43.9 Å². The highest BCUT2D eigenvalue weighted by Gasteiger charge is 2.37. The molecule has 2 heterocycles. The molecule has 7 nitrogen and oxygen atoms in total. The van der Waals surface area contributed by atoms with Crippen LogP contribution >= 0.6 is 0 Å². The second-order valence-corrected chi connectivity index (χ2v) is 8.46. The number of rotatable bonds is 4. The molecule has 140 valence electrons. The van der Waals surface area contributed by atoms with Crippen LogP contribution in [0.5, 0.6) is 0 Å². The Labute approximate surface area is 153 Å². The van der Waals surface area contributed by atoms with Crippen LogP contribution in [0.3, 0.4) is 0 Å². The van der Waals surface area contributed by atoms with Crippen LogP contribution in [0.15, 0.2) is 33.8 Å². The first-order chi connectivity index (χ1) is 12.3. The largest absolute Gasteiger partial charge is 0.464 e. The molecule has 1 atom stereocenters. The summed E-state index contributed by atoms with van der Waals surface area (Å²) >= 11 is 0. The van der Waals surface area contributed by atoms with Gasteiger partial charge in [-0.15, -0.1) is 0 Å². The molecular formula is C18H22N2O5S. The van der Waals surface area contributed by atoms with Crippen molar-refractivity contribution in [3.05, 3.63) is 35.5 Å². The third kappa shape index (κ3) is 3.52. The van der Waals surface area contributed by atoms with Gasteiger partial charge in [0.1, 0.15) is 0 Å². The van der Waals surface area contributed by atoms with Crippen LogP contribution in [0, 0.1) is 12.8 Å². The van der Waals surface area contributed by atoms with E-state index < -0.39 is 21.1 Å². The highest BCUT2D eigenvalue weighted by molar-refractivity contribution is 7.89. The smallest absolute Gasteiger partial charge is 0.361 e. The summed E-state index contributed by atoms with van der Waals surface area (Å²) in [6, 6.07) is 7.25. The highest BCUT2D eigenvalue weighted by Crippen LogP contribution is 2.30. The lowest BCUT2D eigenvalue weighted by molar-refractivity contribution is 0.0587. The Morgan fingerprint density at radius 1 is 1.31 bits per heavy atom. The number of oxazole rings is 1. The minimum atomic E-state index is -3.97. The van der Waals surface area contributed by atoms with E-state index in [2.05, 4.69) is 4.98 Å². The Morgan fingerprint density at radius 2 is 2.00 bits per heavy atom. The molecular weight excluding hydrogens is 356 g/mol. The summed E-state index contributed by atoms with van der Waals surface area (Å²) in [6.45, 7) is 4.73. The van der Waals surface area contributed by atoms with E-state index in [1.165, 1.54) is 11.4 Å². The van der Waals surface area contributed by atoms with Gasteiger partial charge < -0.3 is 9.15 Å². The van der Waals surface area contributed by atoms with Gasteiger partial charge in [0, 0.05) is 18.7 Å². The molecule has 0 N–H and O–H groups in total. The van der Waals surface area contributed by atoms with Gasteiger partial charge in [0.2, 0.25) is 11.6 Å². The van der Waals surface area contributed by atoms with Crippen LogP contribution in [0.2, 0.25) is 0 Å². The molecule has 1 aliphatic rings. The number of carbonyl (C=O) groups excluding carboxylic acids is 1. The lowest BCUT2D eigenvalue weighted by Crippen LogP contribution is -2.39. The minimum absolute atomic E-state index is 0.0778. The van der Waals surface area contributed by atoms with Crippen LogP contribution < -0.4 is 0 Å². The number of piperidine rings is 1. The number of hydrogen-bond donors (Lipinski definition) is 0. The van der Waals surface area contributed by atoms with Gasteiger partial charge in [0.05, 0.1) is 7.11 Å². The molecule has 0 aliphatic carbocycles. The maximum Gasteiger partial charge on any atom is 0.361 e. The van der Waals surface area contributed by atoms with Crippen molar-refractivity contribution >= 4 is 16.0 Å². The predicted octanol–water partition coefficient (Wildman–Crippen LogP) is 2.86. The van der Waals surface area contributed by atoms with Crippen LogP contribution in [0.25, 0.3) is 11.5 Å². The molecule has 0 radical (unpaired) electrons. The van der Waals surface area contributed by atoms with Gasteiger partial charge in [-0.25, -0.2) is 18.2 Å². The quantitative estimate of drug-likeness (QED) is 0.760. The summed E-state index contributed by atoms with van der Waals surface area (Å²) in [5, 5.41) is -0.450. The Kier molecular flexibility index (Phi) is 5.15. The van der Waals surface area contributed by atoms with Crippen molar-refractivity contribution in [2.75, 3.05) is 20.2 Å². The van der Waals surface area contributed by atoms with Crippen LogP contribution in [0.1, 0.15) is 35.8 Å². The molecule has 1 unspecified atom stereocenters. The zero-order chi connectivity index (χ0) is 18.9. The number of ether oxygens (including phenoxy) is 1. The van der Waals surface area contributed by atoms with Crippen LogP contribution in [-0.2, 0) is 14.8 Å². The number of methoxy groups -OCH3 is 1. The molecule has 1 fully saturated rings. The minimum Gasteiger partial charge on any atom is -0.464 e. The number of benzene rings is 1. The van der Waals surface area contributed by atoms with E-state index >= 15 is 0 Å². The number of carbonyl (C=O) groups is 1. The first kappa shape index (κ1) is 18.6. The standard InChI is InChI=1S/C18H22N2O5S/c1-12-6-8-14(9-7-12)16-19-15(17(21)24-3)18(25-16)26(22,23)20-10-4-5-13(2)11-20/h6-9,13H,4-5,10-11H2,1-3H3. The van der Waals surface area contributed by atoms with E-state index in [4.69, 9.17) is 9.15 Å². The monoisotopic (exact) mass is 378 g/mol. The third-order valence-electron chi connectivity index (χ3n) is 4.47. The molecule has 2 aromatic rings. The van der Waals surface area contributed by atoms with Crippen molar-refractivity contribution in [2.24, 2.45) is 5.92 Å². The fourth-order valence-corrected chi connectivity index (χ4v) is 4.62. The molecule has 1 saturated heterocycles. The maximum absolute atomic E-state index is 13.1. The average molecular weight is 378 g/mol.